The SMILES string of the molecule is CCC(=O)Nc1cncc(-c2cnc3n[nH]c(-c4nc5c(-c6cccc(C)c6)cncc5[nH]4)c3c2)c1. The molecule has 0 aliphatic carbocycles. The number of hydrogen-bond acceptors (Lipinski definition) is 6. The molecule has 6 rings (SSSR count). The summed E-state index contributed by atoms with van der Waals surface area (Å²) in [5.74, 6) is 0.583. The van der Waals surface area contributed by atoms with Crippen molar-refractivity contribution >= 4 is 33.7 Å². The van der Waals surface area contributed by atoms with Crippen molar-refractivity contribution in [2.45, 2.75) is 20.3 Å². The van der Waals surface area contributed by atoms with E-state index in [1.54, 1.807) is 24.8 Å². The van der Waals surface area contributed by atoms with Crippen LogP contribution in [0.1, 0.15) is 18.9 Å². The van der Waals surface area contributed by atoms with Crippen LogP contribution < -0.4 is 5.32 Å². The Morgan fingerprint density at radius 1 is 0.972 bits per heavy atom. The van der Waals surface area contributed by atoms with Crippen molar-refractivity contribution in [2.24, 2.45) is 0 Å². The van der Waals surface area contributed by atoms with Gasteiger partial charge in [0.15, 0.2) is 11.5 Å². The first-order chi connectivity index (χ1) is 17.6. The van der Waals surface area contributed by atoms with Gasteiger partial charge in [0.2, 0.25) is 5.91 Å². The molecule has 9 heteroatoms. The van der Waals surface area contributed by atoms with Gasteiger partial charge in [-0.05, 0) is 24.6 Å². The van der Waals surface area contributed by atoms with Gasteiger partial charge < -0.3 is 10.3 Å². The van der Waals surface area contributed by atoms with Crippen LogP contribution in [0.5, 0.6) is 0 Å². The van der Waals surface area contributed by atoms with E-state index in [0.717, 1.165) is 44.4 Å². The molecule has 176 valence electrons. The molecular weight excluding hydrogens is 452 g/mol. The minimum absolute atomic E-state index is 0.0657. The summed E-state index contributed by atoms with van der Waals surface area (Å²) in [6.07, 6.45) is 9.12. The molecule has 0 spiro atoms. The van der Waals surface area contributed by atoms with Crippen molar-refractivity contribution in [1.82, 2.24) is 35.1 Å². The molecule has 0 fully saturated rings. The average Bonchev–Trinajstić information content (AvgIpc) is 3.52. The number of carbonyl (C=O) groups is 1. The second-order valence-electron chi connectivity index (χ2n) is 8.60. The Balaban J connectivity index is 1.43. The number of nitrogens with zero attached hydrogens (tertiary/aromatic N) is 5. The average molecular weight is 475 g/mol. The number of anilines is 1. The summed E-state index contributed by atoms with van der Waals surface area (Å²) in [5.41, 5.74) is 8.49. The van der Waals surface area contributed by atoms with Gasteiger partial charge in [0.05, 0.1) is 34.5 Å². The maximum Gasteiger partial charge on any atom is 0.224 e. The van der Waals surface area contributed by atoms with Crippen molar-refractivity contribution in [1.29, 1.82) is 0 Å². The topological polar surface area (TPSA) is 125 Å². The zero-order chi connectivity index (χ0) is 24.6. The van der Waals surface area contributed by atoms with Crippen molar-refractivity contribution in [3.8, 4) is 33.8 Å². The fraction of sp³-hybridized carbons (Fsp3) is 0.111. The number of carbonyl (C=O) groups excluding carboxylic acids is 1. The van der Waals surface area contributed by atoms with E-state index in [4.69, 9.17) is 4.98 Å². The van der Waals surface area contributed by atoms with Crippen LogP contribution in [0.3, 0.4) is 0 Å². The summed E-state index contributed by atoms with van der Waals surface area (Å²) in [5, 5.41) is 11.1. The van der Waals surface area contributed by atoms with Gasteiger partial charge in [0.25, 0.3) is 0 Å². The van der Waals surface area contributed by atoms with E-state index in [1.165, 1.54) is 5.56 Å². The highest BCUT2D eigenvalue weighted by Gasteiger charge is 2.16. The van der Waals surface area contributed by atoms with Gasteiger partial charge >= 0.3 is 0 Å². The number of hydrogen-bond donors (Lipinski definition) is 3. The number of imidazole rings is 1. The fourth-order valence-corrected chi connectivity index (χ4v) is 4.23. The quantitative estimate of drug-likeness (QED) is 0.312. The zero-order valence-corrected chi connectivity index (χ0v) is 19.7. The molecule has 1 aromatic carbocycles. The van der Waals surface area contributed by atoms with Crippen molar-refractivity contribution in [2.75, 3.05) is 5.32 Å². The van der Waals surface area contributed by atoms with Gasteiger partial charge in [-0.1, -0.05) is 36.8 Å². The van der Waals surface area contributed by atoms with Gasteiger partial charge in [-0.2, -0.15) is 5.10 Å². The maximum atomic E-state index is 11.8. The first-order valence-electron chi connectivity index (χ1n) is 11.6. The molecule has 9 nitrogen and oxygen atoms in total. The van der Waals surface area contributed by atoms with Crippen LogP contribution in [0.25, 0.3) is 55.8 Å². The summed E-state index contributed by atoms with van der Waals surface area (Å²) in [6.45, 7) is 3.88. The number of amides is 1. The molecule has 5 heterocycles. The molecular formula is C27H22N8O. The number of fused-ring (bicyclic) bond motifs is 2. The molecule has 1 amide bonds. The number of aromatic nitrogens is 7. The third-order valence-corrected chi connectivity index (χ3v) is 6.05. The number of aromatic amines is 2. The summed E-state index contributed by atoms with van der Waals surface area (Å²) >= 11 is 0. The Kier molecular flexibility index (Phi) is 5.22. The Morgan fingerprint density at radius 2 is 1.83 bits per heavy atom. The second-order valence-corrected chi connectivity index (χ2v) is 8.60. The maximum absolute atomic E-state index is 11.8. The predicted octanol–water partition coefficient (Wildman–Crippen LogP) is 5.28. The van der Waals surface area contributed by atoms with Gasteiger partial charge in [0, 0.05) is 41.7 Å². The van der Waals surface area contributed by atoms with E-state index < -0.39 is 0 Å². The molecule has 0 aliphatic heterocycles. The van der Waals surface area contributed by atoms with Gasteiger partial charge in [-0.3, -0.25) is 19.9 Å². The molecule has 0 unspecified atom stereocenters. The molecule has 0 aliphatic rings. The highest BCUT2D eigenvalue weighted by molar-refractivity contribution is 5.97. The molecule has 0 saturated carbocycles. The van der Waals surface area contributed by atoms with Crippen LogP contribution in [0.15, 0.2) is 67.4 Å². The van der Waals surface area contributed by atoms with Crippen molar-refractivity contribution in [3.63, 3.8) is 0 Å². The third-order valence-electron chi connectivity index (χ3n) is 6.05. The lowest BCUT2D eigenvalue weighted by atomic mass is 10.0. The number of benzene rings is 1. The van der Waals surface area contributed by atoms with Crippen LogP contribution in [0, 0.1) is 6.92 Å². The summed E-state index contributed by atoms with van der Waals surface area (Å²) in [4.78, 5) is 33.3. The molecule has 0 atom stereocenters. The normalized spacial score (nSPS) is 11.3. The summed E-state index contributed by atoms with van der Waals surface area (Å²) < 4.78 is 0. The van der Waals surface area contributed by atoms with E-state index >= 15 is 0 Å². The van der Waals surface area contributed by atoms with Gasteiger partial charge in [-0.25, -0.2) is 9.97 Å². The molecule has 5 aromatic heterocycles. The lowest BCUT2D eigenvalue weighted by molar-refractivity contribution is -0.115. The highest BCUT2D eigenvalue weighted by Crippen LogP contribution is 2.32. The van der Waals surface area contributed by atoms with Crippen LogP contribution in [0.4, 0.5) is 5.69 Å². The lowest BCUT2D eigenvalue weighted by Gasteiger charge is -2.06. The minimum atomic E-state index is -0.0657. The smallest absolute Gasteiger partial charge is 0.224 e. The Hall–Kier alpha value is -4.92. The molecule has 3 N–H and O–H groups in total. The lowest BCUT2D eigenvalue weighted by Crippen LogP contribution is -2.09. The zero-order valence-electron chi connectivity index (χ0n) is 19.7. The fourth-order valence-electron chi connectivity index (χ4n) is 4.23. The standard InChI is InChI=1S/C27H22N8O/c1-3-23(36)31-19-8-17(10-28-12-19)18-9-20-25(34-35-26(20)30-11-18)27-32-22-14-29-13-21(24(22)33-27)16-6-4-5-15(2)7-16/h4-14H,3H2,1-2H3,(H,31,36)(H,32,33)(H,30,34,35). The molecule has 0 saturated heterocycles. The number of aryl methyl sites for hydroxylation is 1. The minimum Gasteiger partial charge on any atom is -0.335 e. The van der Waals surface area contributed by atoms with E-state index in [9.17, 15) is 4.79 Å². The predicted molar refractivity (Wildman–Crippen MR) is 139 cm³/mol. The van der Waals surface area contributed by atoms with Crippen LogP contribution >= 0.6 is 0 Å². The van der Waals surface area contributed by atoms with E-state index in [2.05, 4.69) is 60.6 Å². The number of rotatable bonds is 5. The second kappa shape index (κ2) is 8.70. The largest absolute Gasteiger partial charge is 0.335 e. The Morgan fingerprint density at radius 3 is 2.69 bits per heavy atom. The van der Waals surface area contributed by atoms with E-state index in [0.29, 0.717) is 23.6 Å². The first kappa shape index (κ1) is 21.6. The number of H-pyrrole nitrogens is 2. The summed E-state index contributed by atoms with van der Waals surface area (Å²) in [7, 11) is 0. The molecule has 36 heavy (non-hydrogen) atoms. The van der Waals surface area contributed by atoms with E-state index in [1.807, 2.05) is 31.3 Å². The van der Waals surface area contributed by atoms with Crippen LogP contribution in [-0.4, -0.2) is 41.0 Å². The van der Waals surface area contributed by atoms with Gasteiger partial charge in [0.1, 0.15) is 5.69 Å². The molecule has 6 aromatic rings. The summed E-state index contributed by atoms with van der Waals surface area (Å²) in [6, 6.07) is 12.2. The van der Waals surface area contributed by atoms with E-state index in [-0.39, 0.29) is 5.91 Å². The third kappa shape index (κ3) is 3.86. The first-order valence-corrected chi connectivity index (χ1v) is 11.6. The van der Waals surface area contributed by atoms with Crippen LogP contribution in [-0.2, 0) is 4.79 Å². The number of pyridine rings is 3. The van der Waals surface area contributed by atoms with Crippen molar-refractivity contribution in [3.05, 3.63) is 72.9 Å². The van der Waals surface area contributed by atoms with Crippen molar-refractivity contribution < 1.29 is 4.79 Å². The van der Waals surface area contributed by atoms with Crippen LogP contribution in [0.2, 0.25) is 0 Å². The number of nitrogens with one attached hydrogen (secondary N) is 3. The van der Waals surface area contributed by atoms with Gasteiger partial charge in [-0.15, -0.1) is 0 Å². The Bertz CT molecular complexity index is 1750. The Labute approximate surface area is 206 Å². The molecule has 0 radical (unpaired) electrons. The monoisotopic (exact) mass is 474 g/mol. The highest BCUT2D eigenvalue weighted by atomic mass is 16.1. The molecule has 0 bridgehead atoms.